The van der Waals surface area contributed by atoms with Crippen molar-refractivity contribution in [2.45, 2.75) is 0 Å². The Morgan fingerprint density at radius 2 is 1.17 bits per heavy atom. The van der Waals surface area contributed by atoms with Crippen molar-refractivity contribution in [1.82, 2.24) is 4.98 Å². The Labute approximate surface area is 305 Å². The zero-order chi connectivity index (χ0) is 35.0. The van der Waals surface area contributed by atoms with E-state index < -0.39 is 0 Å². The molecule has 0 aliphatic heterocycles. The zero-order valence-corrected chi connectivity index (χ0v) is 29.0. The fourth-order valence-electron chi connectivity index (χ4n) is 6.95. The van der Waals surface area contributed by atoms with Gasteiger partial charge in [0.15, 0.2) is 5.84 Å². The molecule has 0 amide bonds. The maximum atomic E-state index is 6.45. The van der Waals surface area contributed by atoms with Gasteiger partial charge < -0.3 is 5.73 Å². The highest BCUT2D eigenvalue weighted by atomic mass is 32.1. The lowest BCUT2D eigenvalue weighted by molar-refractivity contribution is 1.43. The molecule has 0 aliphatic rings. The van der Waals surface area contributed by atoms with Gasteiger partial charge in [-0.25, -0.2) is 15.0 Å². The second-order valence-electron chi connectivity index (χ2n) is 12.7. The number of rotatable bonds is 6. The average molecular weight is 685 g/mol. The van der Waals surface area contributed by atoms with Gasteiger partial charge in [0.25, 0.3) is 0 Å². The van der Waals surface area contributed by atoms with Gasteiger partial charge in [-0.2, -0.15) is 0 Å². The number of pyridine rings is 1. The first-order chi connectivity index (χ1) is 25.6. The summed E-state index contributed by atoms with van der Waals surface area (Å²) in [6.07, 6.45) is 0. The molecular weight excluding hydrogens is 653 g/mol. The summed E-state index contributed by atoms with van der Waals surface area (Å²) < 4.78 is 2.44. The predicted octanol–water partition coefficient (Wildman–Crippen LogP) is 11.9. The molecule has 0 aliphatic carbocycles. The van der Waals surface area contributed by atoms with Crippen molar-refractivity contribution in [2.75, 3.05) is 0 Å². The van der Waals surface area contributed by atoms with Crippen molar-refractivity contribution in [1.29, 1.82) is 0 Å². The van der Waals surface area contributed by atoms with E-state index in [1.165, 1.54) is 30.9 Å². The third-order valence-corrected chi connectivity index (χ3v) is 10.7. The molecule has 0 atom stereocenters. The van der Waals surface area contributed by atoms with Crippen molar-refractivity contribution < 1.29 is 0 Å². The SMILES string of the molecule is C=C(/N=C(\N=C(/N)c1ccccc1)c1ccccc1)c1ccc(-c2cccc3nc(-c4cccc5ccccc45)c4sc5ccccc5c4c23)cc1. The lowest BCUT2D eigenvalue weighted by Crippen LogP contribution is -2.16. The van der Waals surface area contributed by atoms with Crippen LogP contribution >= 0.6 is 11.3 Å². The molecule has 246 valence electrons. The molecular formula is C47H32N4S. The zero-order valence-electron chi connectivity index (χ0n) is 28.2. The fourth-order valence-corrected chi connectivity index (χ4v) is 8.16. The minimum absolute atomic E-state index is 0.395. The second-order valence-corrected chi connectivity index (χ2v) is 13.7. The molecule has 9 aromatic rings. The molecule has 0 saturated carbocycles. The lowest BCUT2D eigenvalue weighted by Gasteiger charge is -2.13. The molecule has 0 saturated heterocycles. The Balaban J connectivity index is 1.16. The molecule has 52 heavy (non-hydrogen) atoms. The number of thiophene rings is 1. The maximum Gasteiger partial charge on any atom is 0.162 e. The number of hydrogen-bond donors (Lipinski definition) is 1. The topological polar surface area (TPSA) is 63.6 Å². The van der Waals surface area contributed by atoms with Gasteiger partial charge in [-0.05, 0) is 39.6 Å². The third kappa shape index (κ3) is 5.63. The highest BCUT2D eigenvalue weighted by Gasteiger charge is 2.20. The minimum Gasteiger partial charge on any atom is -0.383 e. The largest absolute Gasteiger partial charge is 0.383 e. The number of amidine groups is 2. The van der Waals surface area contributed by atoms with E-state index >= 15 is 0 Å². The molecule has 2 N–H and O–H groups in total. The summed E-state index contributed by atoms with van der Waals surface area (Å²) in [6.45, 7) is 4.34. The number of aromatic nitrogens is 1. The number of hydrogen-bond acceptors (Lipinski definition) is 3. The van der Waals surface area contributed by atoms with Crippen LogP contribution in [-0.4, -0.2) is 16.7 Å². The van der Waals surface area contributed by atoms with Crippen molar-refractivity contribution in [2.24, 2.45) is 15.7 Å². The van der Waals surface area contributed by atoms with E-state index in [0.717, 1.165) is 50.0 Å². The molecule has 5 heteroatoms. The molecule has 0 bridgehead atoms. The van der Waals surface area contributed by atoms with Gasteiger partial charge in [-0.3, -0.25) is 0 Å². The fraction of sp³-hybridized carbons (Fsp3) is 0. The van der Waals surface area contributed by atoms with Gasteiger partial charge in [-0.15, -0.1) is 11.3 Å². The summed E-state index contributed by atoms with van der Waals surface area (Å²) in [7, 11) is 0. The van der Waals surface area contributed by atoms with Crippen molar-refractivity contribution in [3.05, 3.63) is 193 Å². The van der Waals surface area contributed by atoms with Crippen LogP contribution in [0.5, 0.6) is 0 Å². The maximum absolute atomic E-state index is 6.45. The van der Waals surface area contributed by atoms with E-state index in [1.807, 2.05) is 72.0 Å². The Morgan fingerprint density at radius 3 is 1.96 bits per heavy atom. The highest BCUT2D eigenvalue weighted by molar-refractivity contribution is 7.26. The number of aliphatic imine (C=N–C) groups is 2. The van der Waals surface area contributed by atoms with E-state index in [1.54, 1.807) is 0 Å². The van der Waals surface area contributed by atoms with Gasteiger partial charge >= 0.3 is 0 Å². The van der Waals surface area contributed by atoms with Gasteiger partial charge in [-0.1, -0.05) is 164 Å². The van der Waals surface area contributed by atoms with Crippen LogP contribution < -0.4 is 5.73 Å². The first kappa shape index (κ1) is 31.3. The van der Waals surface area contributed by atoms with Gasteiger partial charge in [0.05, 0.1) is 21.6 Å². The van der Waals surface area contributed by atoms with Crippen molar-refractivity contribution >= 4 is 70.6 Å². The van der Waals surface area contributed by atoms with Crippen LogP contribution in [0.3, 0.4) is 0 Å². The molecule has 2 heterocycles. The third-order valence-electron chi connectivity index (χ3n) is 9.48. The smallest absolute Gasteiger partial charge is 0.162 e. The van der Waals surface area contributed by atoms with Crippen LogP contribution in [0.25, 0.3) is 69.9 Å². The Hall–Kier alpha value is -6.69. The first-order valence-corrected chi connectivity index (χ1v) is 18.0. The van der Waals surface area contributed by atoms with Crippen LogP contribution in [0.4, 0.5) is 0 Å². The van der Waals surface area contributed by atoms with E-state index in [2.05, 4.69) is 116 Å². The summed E-state index contributed by atoms with van der Waals surface area (Å²) in [5, 5.41) is 6.04. The van der Waals surface area contributed by atoms with E-state index in [0.29, 0.717) is 17.4 Å². The van der Waals surface area contributed by atoms with Crippen LogP contribution in [0.1, 0.15) is 16.7 Å². The number of fused-ring (bicyclic) bond motifs is 6. The molecule has 7 aromatic carbocycles. The van der Waals surface area contributed by atoms with E-state index in [-0.39, 0.29) is 0 Å². The Bertz CT molecular complexity index is 2850. The standard InChI is InChI=1S/C47H32N4S/c1-30(49-47(35-17-6-3-7-18-35)51-46(48)34-15-4-2-5-16-34)31-26-28-33(29-27-31)37-22-13-24-40-42(37)43-39-21-10-11-25-41(39)52-45(43)44(50-40)38-23-12-19-32-14-8-9-20-36(32)38/h2-29H,1H2,(H2,48,49,51). The molecule has 9 rings (SSSR count). The van der Waals surface area contributed by atoms with Gasteiger partial charge in [0.1, 0.15) is 5.84 Å². The Kier molecular flexibility index (Phi) is 7.95. The lowest BCUT2D eigenvalue weighted by atomic mass is 9.94. The molecule has 0 spiro atoms. The molecule has 0 radical (unpaired) electrons. The van der Waals surface area contributed by atoms with Crippen LogP contribution in [0.15, 0.2) is 186 Å². The quantitative estimate of drug-likeness (QED) is 0.140. The summed E-state index contributed by atoms with van der Waals surface area (Å²) >= 11 is 1.81. The minimum atomic E-state index is 0.395. The molecule has 2 aromatic heterocycles. The molecule has 0 fully saturated rings. The van der Waals surface area contributed by atoms with E-state index in [9.17, 15) is 0 Å². The van der Waals surface area contributed by atoms with Gasteiger partial charge in [0, 0.05) is 37.5 Å². The van der Waals surface area contributed by atoms with Gasteiger partial charge in [0.2, 0.25) is 0 Å². The van der Waals surface area contributed by atoms with E-state index in [4.69, 9.17) is 20.7 Å². The van der Waals surface area contributed by atoms with Crippen LogP contribution in [-0.2, 0) is 0 Å². The normalized spacial score (nSPS) is 12.2. The van der Waals surface area contributed by atoms with Crippen LogP contribution in [0.2, 0.25) is 0 Å². The summed E-state index contributed by atoms with van der Waals surface area (Å²) in [6, 6.07) is 58.2. The second kappa shape index (κ2) is 13.2. The first-order valence-electron chi connectivity index (χ1n) is 17.2. The monoisotopic (exact) mass is 684 g/mol. The highest BCUT2D eigenvalue weighted by Crippen LogP contribution is 2.46. The molecule has 0 unspecified atom stereocenters. The average Bonchev–Trinajstić information content (AvgIpc) is 3.60. The molecule has 4 nitrogen and oxygen atoms in total. The van der Waals surface area contributed by atoms with Crippen molar-refractivity contribution in [3.8, 4) is 22.4 Å². The number of nitrogens with zero attached hydrogens (tertiary/aromatic N) is 3. The summed E-state index contributed by atoms with van der Waals surface area (Å²) in [5.41, 5.74) is 15.0. The number of benzene rings is 7. The summed E-state index contributed by atoms with van der Waals surface area (Å²) in [4.78, 5) is 15.1. The van der Waals surface area contributed by atoms with Crippen LogP contribution in [0, 0.1) is 0 Å². The summed E-state index contributed by atoms with van der Waals surface area (Å²) in [5.74, 6) is 0.900. The predicted molar refractivity (Wildman–Crippen MR) is 222 cm³/mol. The number of nitrogens with two attached hydrogens (primary N) is 1. The Morgan fingerprint density at radius 1 is 0.538 bits per heavy atom. The van der Waals surface area contributed by atoms with Crippen molar-refractivity contribution in [3.63, 3.8) is 0 Å².